The lowest BCUT2D eigenvalue weighted by Crippen LogP contribution is -1.97. The lowest BCUT2D eigenvalue weighted by Gasteiger charge is -2.08. The summed E-state index contributed by atoms with van der Waals surface area (Å²) in [6.07, 6.45) is 0. The fourth-order valence-electron chi connectivity index (χ4n) is 1.04. The highest BCUT2D eigenvalue weighted by Gasteiger charge is 2.04. The molecule has 66 valence electrons. The molecular weight excluding hydrogens is 193 g/mol. The summed E-state index contributed by atoms with van der Waals surface area (Å²) in [5.41, 5.74) is 2.02. The maximum Gasteiger partial charge on any atom is 0.0823 e. The van der Waals surface area contributed by atoms with Gasteiger partial charge in [-0.15, -0.1) is 0 Å². The van der Waals surface area contributed by atoms with E-state index in [9.17, 15) is 0 Å². The first-order chi connectivity index (χ1) is 5.65. The summed E-state index contributed by atoms with van der Waals surface area (Å²) in [4.78, 5) is 0. The predicted octanol–water partition coefficient (Wildman–Crippen LogP) is 3.73. The van der Waals surface area contributed by atoms with E-state index >= 15 is 0 Å². The maximum atomic E-state index is 5.95. The van der Waals surface area contributed by atoms with E-state index in [1.165, 1.54) is 0 Å². The maximum absolute atomic E-state index is 5.95. The Kier molecular flexibility index (Phi) is 3.24. The molecular formula is C9H11Cl2N. The van der Waals surface area contributed by atoms with Gasteiger partial charge in [0.05, 0.1) is 15.7 Å². The molecule has 1 aromatic rings. The van der Waals surface area contributed by atoms with E-state index in [0.717, 1.165) is 17.8 Å². The molecule has 1 N–H and O–H groups in total. The van der Waals surface area contributed by atoms with Crippen LogP contribution in [-0.4, -0.2) is 6.54 Å². The van der Waals surface area contributed by atoms with Crippen molar-refractivity contribution in [1.29, 1.82) is 0 Å². The number of rotatable bonds is 2. The van der Waals surface area contributed by atoms with E-state index in [-0.39, 0.29) is 0 Å². The van der Waals surface area contributed by atoms with Crippen LogP contribution in [0.5, 0.6) is 0 Å². The highest BCUT2D eigenvalue weighted by molar-refractivity contribution is 6.43. The first-order valence-electron chi connectivity index (χ1n) is 3.84. The molecule has 0 spiro atoms. The van der Waals surface area contributed by atoms with Crippen LogP contribution in [0.15, 0.2) is 12.1 Å². The molecule has 1 rings (SSSR count). The second-order valence-electron chi connectivity index (χ2n) is 2.64. The first-order valence-corrected chi connectivity index (χ1v) is 4.60. The minimum absolute atomic E-state index is 0.601. The number of aryl methyl sites for hydroxylation is 1. The van der Waals surface area contributed by atoms with Crippen molar-refractivity contribution in [1.82, 2.24) is 0 Å². The highest BCUT2D eigenvalue weighted by atomic mass is 35.5. The standard InChI is InChI=1S/C9H11Cl2N/c1-3-12-8-5-6(2)4-7(10)9(8)11/h4-5,12H,3H2,1-2H3. The summed E-state index contributed by atoms with van der Waals surface area (Å²) in [7, 11) is 0. The minimum Gasteiger partial charge on any atom is -0.384 e. The fourth-order valence-corrected chi connectivity index (χ4v) is 1.49. The summed E-state index contributed by atoms with van der Waals surface area (Å²) in [6, 6.07) is 3.84. The van der Waals surface area contributed by atoms with E-state index in [1.807, 2.05) is 26.0 Å². The highest BCUT2D eigenvalue weighted by Crippen LogP contribution is 2.31. The zero-order valence-electron chi connectivity index (χ0n) is 7.12. The molecule has 0 fully saturated rings. The van der Waals surface area contributed by atoms with Crippen molar-refractivity contribution in [3.8, 4) is 0 Å². The van der Waals surface area contributed by atoms with E-state index in [1.54, 1.807) is 0 Å². The van der Waals surface area contributed by atoms with Gasteiger partial charge in [0.2, 0.25) is 0 Å². The molecule has 0 amide bonds. The Bertz CT molecular complexity index is 284. The molecule has 0 aliphatic rings. The van der Waals surface area contributed by atoms with Crippen molar-refractivity contribution in [3.63, 3.8) is 0 Å². The van der Waals surface area contributed by atoms with Gasteiger partial charge >= 0.3 is 0 Å². The molecule has 3 heteroatoms. The summed E-state index contributed by atoms with van der Waals surface area (Å²) in [5.74, 6) is 0. The molecule has 0 radical (unpaired) electrons. The molecule has 1 aromatic carbocycles. The van der Waals surface area contributed by atoms with Gasteiger partial charge in [-0.25, -0.2) is 0 Å². The van der Waals surface area contributed by atoms with Gasteiger partial charge in [0, 0.05) is 6.54 Å². The lowest BCUT2D eigenvalue weighted by molar-refractivity contribution is 1.21. The van der Waals surface area contributed by atoms with Crippen LogP contribution in [0.4, 0.5) is 5.69 Å². The third-order valence-corrected chi connectivity index (χ3v) is 2.34. The summed E-state index contributed by atoms with van der Waals surface area (Å²) in [6.45, 7) is 4.86. The zero-order valence-corrected chi connectivity index (χ0v) is 8.63. The van der Waals surface area contributed by atoms with Crippen molar-refractivity contribution in [2.24, 2.45) is 0 Å². The third-order valence-electron chi connectivity index (χ3n) is 1.54. The number of benzene rings is 1. The monoisotopic (exact) mass is 203 g/mol. The number of hydrogen-bond acceptors (Lipinski definition) is 1. The molecule has 0 aromatic heterocycles. The fraction of sp³-hybridized carbons (Fsp3) is 0.333. The van der Waals surface area contributed by atoms with Crippen molar-refractivity contribution >= 4 is 28.9 Å². The Morgan fingerprint density at radius 2 is 2.00 bits per heavy atom. The van der Waals surface area contributed by atoms with E-state index < -0.39 is 0 Å². The van der Waals surface area contributed by atoms with E-state index in [4.69, 9.17) is 23.2 Å². The quantitative estimate of drug-likeness (QED) is 0.773. The number of anilines is 1. The zero-order chi connectivity index (χ0) is 9.14. The normalized spacial score (nSPS) is 10.0. The molecule has 0 atom stereocenters. The van der Waals surface area contributed by atoms with Gasteiger partial charge in [-0.2, -0.15) is 0 Å². The van der Waals surface area contributed by atoms with Crippen LogP contribution >= 0.6 is 23.2 Å². The molecule has 0 unspecified atom stereocenters. The van der Waals surface area contributed by atoms with Crippen LogP contribution in [0.2, 0.25) is 10.0 Å². The largest absolute Gasteiger partial charge is 0.384 e. The topological polar surface area (TPSA) is 12.0 Å². The van der Waals surface area contributed by atoms with Gasteiger partial charge in [0.25, 0.3) is 0 Å². The van der Waals surface area contributed by atoms with E-state index in [0.29, 0.717) is 10.0 Å². The molecule has 0 aliphatic carbocycles. The molecule has 0 saturated carbocycles. The number of halogens is 2. The third kappa shape index (κ3) is 2.05. The van der Waals surface area contributed by atoms with Crippen LogP contribution in [0, 0.1) is 6.92 Å². The van der Waals surface area contributed by atoms with Crippen LogP contribution < -0.4 is 5.32 Å². The van der Waals surface area contributed by atoms with Crippen molar-refractivity contribution in [3.05, 3.63) is 27.7 Å². The average molecular weight is 204 g/mol. The molecule has 0 heterocycles. The Hall–Kier alpha value is -0.400. The van der Waals surface area contributed by atoms with Gasteiger partial charge < -0.3 is 5.32 Å². The molecule has 0 aliphatic heterocycles. The first kappa shape index (κ1) is 9.69. The molecule has 1 nitrogen and oxygen atoms in total. The summed E-state index contributed by atoms with van der Waals surface area (Å²) < 4.78 is 0. The van der Waals surface area contributed by atoms with Crippen LogP contribution in [0.1, 0.15) is 12.5 Å². The number of nitrogens with one attached hydrogen (secondary N) is 1. The van der Waals surface area contributed by atoms with Gasteiger partial charge in [0.1, 0.15) is 0 Å². The Balaban J connectivity index is 3.09. The lowest BCUT2D eigenvalue weighted by atomic mass is 10.2. The molecule has 0 saturated heterocycles. The van der Waals surface area contributed by atoms with Crippen molar-refractivity contribution < 1.29 is 0 Å². The van der Waals surface area contributed by atoms with Crippen molar-refractivity contribution in [2.45, 2.75) is 13.8 Å². The second kappa shape index (κ2) is 4.01. The summed E-state index contributed by atoms with van der Waals surface area (Å²) >= 11 is 11.8. The number of hydrogen-bond donors (Lipinski definition) is 1. The van der Waals surface area contributed by atoms with Crippen LogP contribution in [0.25, 0.3) is 0 Å². The van der Waals surface area contributed by atoms with Crippen molar-refractivity contribution in [2.75, 3.05) is 11.9 Å². The Labute approximate surface area is 82.7 Å². The van der Waals surface area contributed by atoms with Gasteiger partial charge in [0.15, 0.2) is 0 Å². The Morgan fingerprint density at radius 1 is 1.33 bits per heavy atom. The minimum atomic E-state index is 0.601. The van der Waals surface area contributed by atoms with Gasteiger partial charge in [-0.1, -0.05) is 23.2 Å². The van der Waals surface area contributed by atoms with Gasteiger partial charge in [-0.05, 0) is 31.5 Å². The Morgan fingerprint density at radius 3 is 2.58 bits per heavy atom. The van der Waals surface area contributed by atoms with Gasteiger partial charge in [-0.3, -0.25) is 0 Å². The molecule has 12 heavy (non-hydrogen) atoms. The average Bonchev–Trinajstić information content (AvgIpc) is 2.00. The molecule has 0 bridgehead atoms. The second-order valence-corrected chi connectivity index (χ2v) is 3.42. The van der Waals surface area contributed by atoms with Crippen LogP contribution in [-0.2, 0) is 0 Å². The van der Waals surface area contributed by atoms with Crippen LogP contribution in [0.3, 0.4) is 0 Å². The predicted molar refractivity (Wildman–Crippen MR) is 55.4 cm³/mol. The summed E-state index contributed by atoms with van der Waals surface area (Å²) in [5, 5.41) is 4.35. The van der Waals surface area contributed by atoms with E-state index in [2.05, 4.69) is 5.32 Å². The SMILES string of the molecule is CCNc1cc(C)cc(Cl)c1Cl. The smallest absolute Gasteiger partial charge is 0.0823 e.